The molecule has 5 heteroatoms. The van der Waals surface area contributed by atoms with Gasteiger partial charge in [0.2, 0.25) is 5.71 Å². The summed E-state index contributed by atoms with van der Waals surface area (Å²) < 4.78 is 14.4. The number of nitrogens with zero attached hydrogens (tertiary/aromatic N) is 3. The SMILES string of the molecule is C[N+](C)=C1/C(=C/C=C2/N3CCOc4cccc(c43)C2(C)C)CCCC/C1=C\C=C1\N2CCOc3cccc(c32)C1(C)C. The fourth-order valence-electron chi connectivity index (χ4n) is 7.92. The molecule has 0 unspecified atom stereocenters. The Morgan fingerprint density at radius 3 is 1.55 bits per heavy atom. The molecule has 5 aliphatic rings. The van der Waals surface area contributed by atoms with Crippen LogP contribution in [-0.4, -0.2) is 50.7 Å². The van der Waals surface area contributed by atoms with Gasteiger partial charge in [0.05, 0.1) is 24.5 Å². The molecule has 1 aliphatic carbocycles. The maximum absolute atomic E-state index is 6.04. The average molecular weight is 563 g/mol. The minimum atomic E-state index is -0.0672. The summed E-state index contributed by atoms with van der Waals surface area (Å²) in [5, 5.41) is 0. The van der Waals surface area contributed by atoms with E-state index in [-0.39, 0.29) is 10.8 Å². The first-order valence-corrected chi connectivity index (χ1v) is 15.6. The molecule has 0 N–H and O–H groups in total. The molecule has 2 aromatic rings. The van der Waals surface area contributed by atoms with Gasteiger partial charge in [-0.1, -0.05) is 64.1 Å². The molecule has 218 valence electrons. The Kier molecular flexibility index (Phi) is 6.41. The molecule has 4 heterocycles. The Labute approximate surface area is 251 Å². The van der Waals surface area contributed by atoms with E-state index in [4.69, 9.17) is 9.47 Å². The van der Waals surface area contributed by atoms with E-state index >= 15 is 0 Å². The van der Waals surface area contributed by atoms with Crippen LogP contribution in [-0.2, 0) is 10.8 Å². The summed E-state index contributed by atoms with van der Waals surface area (Å²) in [6.07, 6.45) is 14.2. The standard InChI is InChI=1S/C37H44N3O2/c1-36(2)27-13-9-15-29-34(27)39(21-23-41-29)31(36)19-17-25-11-7-8-12-26(33(25)38(5)6)18-20-32-37(3,4)28-14-10-16-30-35(28)40(32)22-24-42-30/h9-10,13-20H,7-8,11-12,21-24H2,1-6H3/q+1. The smallest absolute Gasteiger partial charge is 0.205 e. The van der Waals surface area contributed by atoms with Crippen LogP contribution in [0.2, 0.25) is 0 Å². The van der Waals surface area contributed by atoms with Crippen LogP contribution >= 0.6 is 0 Å². The second-order valence-corrected chi connectivity index (χ2v) is 13.5. The van der Waals surface area contributed by atoms with E-state index in [0.29, 0.717) is 0 Å². The molecule has 0 amide bonds. The van der Waals surface area contributed by atoms with Gasteiger partial charge >= 0.3 is 0 Å². The Morgan fingerprint density at radius 2 is 1.12 bits per heavy atom. The molecule has 1 saturated carbocycles. The van der Waals surface area contributed by atoms with Crippen LogP contribution in [0.1, 0.15) is 64.5 Å². The van der Waals surface area contributed by atoms with E-state index in [1.807, 2.05) is 0 Å². The van der Waals surface area contributed by atoms with Crippen molar-refractivity contribution >= 4 is 17.1 Å². The van der Waals surface area contributed by atoms with Crippen molar-refractivity contribution in [2.45, 2.75) is 64.2 Å². The summed E-state index contributed by atoms with van der Waals surface area (Å²) in [6.45, 7) is 12.6. The lowest BCUT2D eigenvalue weighted by atomic mass is 9.83. The van der Waals surface area contributed by atoms with Crippen molar-refractivity contribution in [1.29, 1.82) is 0 Å². The predicted octanol–water partition coefficient (Wildman–Crippen LogP) is 7.27. The fourth-order valence-corrected chi connectivity index (χ4v) is 7.92. The lowest BCUT2D eigenvalue weighted by Crippen LogP contribution is -2.32. The number of rotatable bonds is 2. The molecule has 0 aromatic heterocycles. The Hall–Kier alpha value is -3.73. The Balaban J connectivity index is 1.27. The first-order chi connectivity index (χ1) is 20.2. The topological polar surface area (TPSA) is 27.9 Å². The summed E-state index contributed by atoms with van der Waals surface area (Å²) in [5.74, 6) is 2.03. The van der Waals surface area contributed by atoms with E-state index in [9.17, 15) is 0 Å². The number of allylic oxidation sites excluding steroid dienone is 8. The zero-order valence-corrected chi connectivity index (χ0v) is 26.1. The number of benzene rings is 2. The van der Waals surface area contributed by atoms with Crippen molar-refractivity contribution in [2.75, 3.05) is 50.2 Å². The van der Waals surface area contributed by atoms with E-state index in [1.54, 1.807) is 0 Å². The second-order valence-electron chi connectivity index (χ2n) is 13.5. The summed E-state index contributed by atoms with van der Waals surface area (Å²) in [5.41, 5.74) is 12.1. The largest absolute Gasteiger partial charge is 0.490 e. The Morgan fingerprint density at radius 1 is 0.667 bits per heavy atom. The van der Waals surface area contributed by atoms with E-state index in [1.165, 1.54) is 63.6 Å². The molecular formula is C37H44N3O2+. The molecule has 0 atom stereocenters. The van der Waals surface area contributed by atoms with Crippen molar-refractivity contribution in [2.24, 2.45) is 0 Å². The molecule has 4 aliphatic heterocycles. The van der Waals surface area contributed by atoms with Crippen LogP contribution in [0, 0.1) is 0 Å². The van der Waals surface area contributed by atoms with Crippen molar-refractivity contribution in [3.8, 4) is 11.5 Å². The Bertz CT molecular complexity index is 1500. The molecule has 0 bridgehead atoms. The minimum absolute atomic E-state index is 0.0672. The van der Waals surface area contributed by atoms with Gasteiger partial charge in [-0.05, 0) is 61.1 Å². The molecule has 2 aromatic carbocycles. The summed E-state index contributed by atoms with van der Waals surface area (Å²) in [4.78, 5) is 4.99. The highest BCUT2D eigenvalue weighted by atomic mass is 16.5. The molecule has 0 saturated heterocycles. The molecule has 1 fully saturated rings. The molecule has 0 spiro atoms. The van der Waals surface area contributed by atoms with Crippen LogP contribution in [0.15, 0.2) is 83.2 Å². The van der Waals surface area contributed by atoms with E-state index in [0.717, 1.165) is 50.6 Å². The van der Waals surface area contributed by atoms with Crippen LogP contribution < -0.4 is 19.3 Å². The second kappa shape index (κ2) is 9.93. The predicted molar refractivity (Wildman–Crippen MR) is 173 cm³/mol. The lowest BCUT2D eigenvalue weighted by Gasteiger charge is -2.30. The third kappa shape index (κ3) is 4.07. The quantitative estimate of drug-likeness (QED) is 0.284. The maximum atomic E-state index is 6.04. The summed E-state index contributed by atoms with van der Waals surface area (Å²) >= 11 is 0. The minimum Gasteiger partial charge on any atom is -0.490 e. The molecule has 5 nitrogen and oxygen atoms in total. The molecule has 42 heavy (non-hydrogen) atoms. The highest BCUT2D eigenvalue weighted by molar-refractivity contribution is 6.09. The maximum Gasteiger partial charge on any atom is 0.205 e. The number of hydrogen-bond donors (Lipinski definition) is 0. The van der Waals surface area contributed by atoms with Gasteiger partial charge < -0.3 is 19.3 Å². The van der Waals surface area contributed by atoms with Gasteiger partial charge in [0, 0.05) is 33.4 Å². The zero-order chi connectivity index (χ0) is 29.2. The van der Waals surface area contributed by atoms with Crippen molar-refractivity contribution in [3.05, 3.63) is 94.4 Å². The first kappa shape index (κ1) is 27.1. The van der Waals surface area contributed by atoms with E-state index in [2.05, 4.69) is 117 Å². The van der Waals surface area contributed by atoms with Crippen LogP contribution in [0.25, 0.3) is 0 Å². The summed E-state index contributed by atoms with van der Waals surface area (Å²) in [7, 11) is 4.41. The zero-order valence-electron chi connectivity index (χ0n) is 26.1. The van der Waals surface area contributed by atoms with Crippen molar-refractivity contribution < 1.29 is 14.0 Å². The monoisotopic (exact) mass is 562 g/mol. The van der Waals surface area contributed by atoms with Crippen molar-refractivity contribution in [3.63, 3.8) is 0 Å². The average Bonchev–Trinajstić information content (AvgIpc) is 3.20. The number of anilines is 2. The van der Waals surface area contributed by atoms with Crippen LogP contribution in [0.5, 0.6) is 11.5 Å². The van der Waals surface area contributed by atoms with Gasteiger partial charge in [-0.2, -0.15) is 0 Å². The number of hydrogen-bond acceptors (Lipinski definition) is 4. The molecular weight excluding hydrogens is 518 g/mol. The third-order valence-corrected chi connectivity index (χ3v) is 9.97. The third-order valence-electron chi connectivity index (χ3n) is 9.97. The number of ether oxygens (including phenoxy) is 2. The summed E-state index contributed by atoms with van der Waals surface area (Å²) in [6, 6.07) is 13.0. The van der Waals surface area contributed by atoms with Gasteiger partial charge in [-0.15, -0.1) is 0 Å². The fraction of sp³-hybridized carbons (Fsp3) is 0.432. The van der Waals surface area contributed by atoms with Gasteiger partial charge in [0.15, 0.2) is 0 Å². The van der Waals surface area contributed by atoms with Gasteiger partial charge in [-0.3, -0.25) is 0 Å². The van der Waals surface area contributed by atoms with Gasteiger partial charge in [-0.25, -0.2) is 4.58 Å². The van der Waals surface area contributed by atoms with E-state index < -0.39 is 0 Å². The molecule has 7 rings (SSSR count). The van der Waals surface area contributed by atoms with Crippen LogP contribution in [0.4, 0.5) is 11.4 Å². The highest BCUT2D eigenvalue weighted by Crippen LogP contribution is 2.54. The van der Waals surface area contributed by atoms with Crippen molar-refractivity contribution in [1.82, 2.24) is 0 Å². The number of para-hydroxylation sites is 2. The van der Waals surface area contributed by atoms with Crippen LogP contribution in [0.3, 0.4) is 0 Å². The van der Waals surface area contributed by atoms with Gasteiger partial charge in [0.25, 0.3) is 0 Å². The molecule has 0 radical (unpaired) electrons. The first-order valence-electron chi connectivity index (χ1n) is 15.6. The highest BCUT2D eigenvalue weighted by Gasteiger charge is 2.44. The van der Waals surface area contributed by atoms with Gasteiger partial charge in [0.1, 0.15) is 38.8 Å². The lowest BCUT2D eigenvalue weighted by molar-refractivity contribution is -0.463. The normalized spacial score (nSPS) is 25.4.